The first-order valence-corrected chi connectivity index (χ1v) is 8.93. The minimum Gasteiger partial charge on any atom is -0.319 e. The Morgan fingerprint density at radius 1 is 1.31 bits per heavy atom. The Kier molecular flexibility index (Phi) is 4.15. The van der Waals surface area contributed by atoms with E-state index in [1.54, 1.807) is 6.07 Å². The van der Waals surface area contributed by atoms with E-state index in [2.05, 4.69) is 0 Å². The third kappa shape index (κ3) is 2.68. The van der Waals surface area contributed by atoms with Gasteiger partial charge in [0.15, 0.2) is 6.01 Å². The van der Waals surface area contributed by atoms with Gasteiger partial charge in [0.25, 0.3) is 0 Å². The van der Waals surface area contributed by atoms with E-state index in [9.17, 15) is 30.8 Å². The van der Waals surface area contributed by atoms with Gasteiger partial charge in [0.2, 0.25) is 15.6 Å². The van der Waals surface area contributed by atoms with Crippen LogP contribution in [-0.4, -0.2) is 30.7 Å². The number of rotatable bonds is 3. The number of Topliss-reactive ketones (excluding diaryl/α,β-unsaturated/α-hetero) is 1. The summed E-state index contributed by atoms with van der Waals surface area (Å²) >= 11 is 0. The monoisotopic (exact) mass is 386 g/mol. The molecular weight excluding hydrogens is 376 g/mol. The Morgan fingerprint density at radius 2 is 2.00 bits per heavy atom. The molecular formula is C16H10F4N2O3S. The SMILES string of the molecule is N#Cc1cc(-n2cc(S(=O)(=O)CF)c3c2CCC(F)(F)C3=O)ccc1F. The molecule has 26 heavy (non-hydrogen) atoms. The number of halogens is 4. The number of benzene rings is 1. The maximum Gasteiger partial charge on any atom is 0.310 e. The number of fused-ring (bicyclic) bond motifs is 1. The number of alkyl halides is 3. The molecule has 0 N–H and O–H groups in total. The van der Waals surface area contributed by atoms with Gasteiger partial charge in [-0.25, -0.2) is 17.2 Å². The summed E-state index contributed by atoms with van der Waals surface area (Å²) < 4.78 is 79.0. The zero-order valence-electron chi connectivity index (χ0n) is 13.0. The van der Waals surface area contributed by atoms with E-state index in [1.807, 2.05) is 0 Å². The molecule has 3 rings (SSSR count). The van der Waals surface area contributed by atoms with Crippen LogP contribution in [0.25, 0.3) is 5.69 Å². The van der Waals surface area contributed by atoms with Crippen molar-refractivity contribution in [3.05, 3.63) is 47.0 Å². The third-order valence-corrected chi connectivity index (χ3v) is 5.40. The maximum atomic E-state index is 13.8. The maximum absolute atomic E-state index is 13.8. The van der Waals surface area contributed by atoms with Gasteiger partial charge >= 0.3 is 5.92 Å². The van der Waals surface area contributed by atoms with Crippen molar-refractivity contribution in [2.75, 3.05) is 6.01 Å². The van der Waals surface area contributed by atoms with Gasteiger partial charge in [-0.05, 0) is 24.6 Å². The molecule has 0 fully saturated rings. The summed E-state index contributed by atoms with van der Waals surface area (Å²) in [5.74, 6) is -6.29. The summed E-state index contributed by atoms with van der Waals surface area (Å²) in [5.41, 5.74) is -1.07. The van der Waals surface area contributed by atoms with Crippen molar-refractivity contribution in [1.29, 1.82) is 5.26 Å². The number of nitriles is 1. The summed E-state index contributed by atoms with van der Waals surface area (Å²) in [4.78, 5) is 11.2. The fourth-order valence-corrected chi connectivity index (χ4v) is 3.76. The molecule has 1 aromatic heterocycles. The van der Waals surface area contributed by atoms with E-state index >= 15 is 0 Å². The quantitative estimate of drug-likeness (QED) is 0.760. The molecule has 1 aliphatic carbocycles. The minimum absolute atomic E-state index is 0.0524. The number of hydrogen-bond acceptors (Lipinski definition) is 4. The van der Waals surface area contributed by atoms with Gasteiger partial charge in [0.05, 0.1) is 16.0 Å². The van der Waals surface area contributed by atoms with Crippen LogP contribution in [0.4, 0.5) is 17.6 Å². The highest BCUT2D eigenvalue weighted by Gasteiger charge is 2.47. The summed E-state index contributed by atoms with van der Waals surface area (Å²) in [5, 5.41) is 8.91. The van der Waals surface area contributed by atoms with Crippen LogP contribution in [0.1, 0.15) is 28.0 Å². The summed E-state index contributed by atoms with van der Waals surface area (Å²) in [6.45, 7) is 0. The average Bonchev–Trinajstić information content (AvgIpc) is 2.99. The molecule has 0 saturated heterocycles. The van der Waals surface area contributed by atoms with E-state index < -0.39 is 50.2 Å². The molecule has 5 nitrogen and oxygen atoms in total. The molecule has 0 unspecified atom stereocenters. The van der Waals surface area contributed by atoms with Gasteiger partial charge in [0, 0.05) is 24.0 Å². The van der Waals surface area contributed by atoms with Crippen molar-refractivity contribution >= 4 is 15.6 Å². The Morgan fingerprint density at radius 3 is 2.62 bits per heavy atom. The Balaban J connectivity index is 2.32. The first-order valence-electron chi connectivity index (χ1n) is 7.28. The molecule has 0 saturated carbocycles. The lowest BCUT2D eigenvalue weighted by Gasteiger charge is -2.22. The van der Waals surface area contributed by atoms with Gasteiger partial charge in [-0.3, -0.25) is 4.79 Å². The number of ketones is 1. The number of nitrogens with zero attached hydrogens (tertiary/aromatic N) is 2. The Hall–Kier alpha value is -2.67. The van der Waals surface area contributed by atoms with Gasteiger partial charge in [-0.15, -0.1) is 0 Å². The standard InChI is InChI=1S/C16H10F4N2O3S/c17-8-26(24,25)13-7-22(10-1-2-11(18)9(5-10)6-21)12-3-4-16(19,20)15(23)14(12)13/h1-2,5,7H,3-4,8H2. The van der Waals surface area contributed by atoms with Crippen molar-refractivity contribution < 1.29 is 30.8 Å². The van der Waals surface area contributed by atoms with Crippen molar-refractivity contribution in [3.63, 3.8) is 0 Å². The number of hydrogen-bond donors (Lipinski definition) is 0. The lowest BCUT2D eigenvalue weighted by molar-refractivity contribution is 0.00141. The first-order chi connectivity index (χ1) is 12.1. The van der Waals surface area contributed by atoms with Crippen LogP contribution < -0.4 is 0 Å². The highest BCUT2D eigenvalue weighted by atomic mass is 32.2. The van der Waals surface area contributed by atoms with E-state index in [0.29, 0.717) is 0 Å². The lowest BCUT2D eigenvalue weighted by atomic mass is 9.93. The van der Waals surface area contributed by atoms with Crippen LogP contribution >= 0.6 is 0 Å². The van der Waals surface area contributed by atoms with Gasteiger partial charge < -0.3 is 4.57 Å². The third-order valence-electron chi connectivity index (χ3n) is 4.13. The van der Waals surface area contributed by atoms with Crippen LogP contribution in [0, 0.1) is 17.1 Å². The summed E-state index contributed by atoms with van der Waals surface area (Å²) in [6, 6.07) is 2.96. The molecule has 2 aromatic rings. The number of sulfone groups is 1. The van der Waals surface area contributed by atoms with Crippen LogP contribution in [0.15, 0.2) is 29.3 Å². The highest BCUT2D eigenvalue weighted by Crippen LogP contribution is 2.39. The van der Waals surface area contributed by atoms with Gasteiger partial charge in [0.1, 0.15) is 11.9 Å². The fraction of sp³-hybridized carbons (Fsp3) is 0.250. The second kappa shape index (κ2) is 5.95. The van der Waals surface area contributed by atoms with Crippen molar-refractivity contribution in [2.45, 2.75) is 23.7 Å². The first kappa shape index (κ1) is 18.1. The zero-order valence-corrected chi connectivity index (χ0v) is 13.8. The van der Waals surface area contributed by atoms with Crippen LogP contribution in [-0.2, 0) is 16.3 Å². The molecule has 0 amide bonds. The average molecular weight is 386 g/mol. The summed E-state index contributed by atoms with van der Waals surface area (Å²) in [7, 11) is -4.61. The second-order valence-electron chi connectivity index (χ2n) is 5.72. The molecule has 1 aliphatic rings. The van der Waals surface area contributed by atoms with Crippen molar-refractivity contribution in [1.82, 2.24) is 4.57 Å². The minimum atomic E-state index is -4.61. The fourth-order valence-electron chi connectivity index (χ4n) is 2.86. The molecule has 1 aromatic carbocycles. The molecule has 0 bridgehead atoms. The number of aromatic nitrogens is 1. The molecule has 136 valence electrons. The smallest absolute Gasteiger partial charge is 0.310 e. The predicted octanol–water partition coefficient (Wildman–Crippen LogP) is 2.95. The molecule has 0 atom stereocenters. The molecule has 1 heterocycles. The predicted molar refractivity (Wildman–Crippen MR) is 81.2 cm³/mol. The lowest BCUT2D eigenvalue weighted by Crippen LogP contribution is -2.35. The Labute approximate surface area is 145 Å². The van der Waals surface area contributed by atoms with Crippen molar-refractivity contribution in [3.8, 4) is 11.8 Å². The largest absolute Gasteiger partial charge is 0.319 e. The second-order valence-corrected chi connectivity index (χ2v) is 7.61. The van der Waals surface area contributed by atoms with E-state index in [0.717, 1.165) is 22.9 Å². The van der Waals surface area contributed by atoms with Gasteiger partial charge in [-0.1, -0.05) is 0 Å². The van der Waals surface area contributed by atoms with E-state index in [-0.39, 0.29) is 23.4 Å². The van der Waals surface area contributed by atoms with Crippen LogP contribution in [0.3, 0.4) is 0 Å². The zero-order chi connectivity index (χ0) is 19.3. The van der Waals surface area contributed by atoms with Crippen LogP contribution in [0.2, 0.25) is 0 Å². The molecule has 10 heteroatoms. The molecule has 0 radical (unpaired) electrons. The van der Waals surface area contributed by atoms with Crippen LogP contribution in [0.5, 0.6) is 0 Å². The van der Waals surface area contributed by atoms with E-state index in [1.165, 1.54) is 6.07 Å². The summed E-state index contributed by atoms with van der Waals surface area (Å²) in [6.07, 6.45) is -0.341. The number of carbonyl (C=O) groups is 1. The topological polar surface area (TPSA) is 79.9 Å². The van der Waals surface area contributed by atoms with Gasteiger partial charge in [-0.2, -0.15) is 14.0 Å². The molecule has 0 spiro atoms. The Bertz CT molecular complexity index is 1070. The molecule has 0 aliphatic heterocycles. The van der Waals surface area contributed by atoms with E-state index in [4.69, 9.17) is 5.26 Å². The normalized spacial score (nSPS) is 16.2. The highest BCUT2D eigenvalue weighted by molar-refractivity contribution is 7.91. The number of carbonyl (C=O) groups excluding carboxylic acids is 1. The van der Waals surface area contributed by atoms with Crippen molar-refractivity contribution in [2.24, 2.45) is 0 Å².